The number of benzene rings is 2. The van der Waals surface area contributed by atoms with E-state index in [2.05, 4.69) is 19.7 Å². The fourth-order valence-electron chi connectivity index (χ4n) is 3.03. The third-order valence-corrected chi connectivity index (χ3v) is 5.43. The molecule has 12 heteroatoms. The highest BCUT2D eigenvalue weighted by molar-refractivity contribution is 8.00. The summed E-state index contributed by atoms with van der Waals surface area (Å²) >= 11 is 0.779. The van der Waals surface area contributed by atoms with Crippen LogP contribution in [0.4, 0.5) is 27.6 Å². The van der Waals surface area contributed by atoms with Crippen molar-refractivity contribution in [2.75, 3.05) is 4.72 Å². The third kappa shape index (κ3) is 4.22. The maximum Gasteiger partial charge on any atom is 0.416 e. The SMILES string of the molecule is N#Cc1ncnc2[nH]cc(C(=O)c3c(F)ccc(NSc4ccc(C(F)(F)F)cc4)c3F)c12. The monoisotopic (exact) mass is 475 g/mol. The Morgan fingerprint density at radius 1 is 1.09 bits per heavy atom. The van der Waals surface area contributed by atoms with Gasteiger partial charge in [0, 0.05) is 11.1 Å². The number of ketones is 1. The van der Waals surface area contributed by atoms with Gasteiger partial charge in [0.2, 0.25) is 5.78 Å². The molecule has 0 saturated carbocycles. The molecule has 2 heterocycles. The molecule has 0 atom stereocenters. The van der Waals surface area contributed by atoms with Crippen molar-refractivity contribution in [2.24, 2.45) is 0 Å². The van der Waals surface area contributed by atoms with Gasteiger partial charge < -0.3 is 9.71 Å². The molecule has 0 fully saturated rings. The molecule has 2 aromatic carbocycles. The van der Waals surface area contributed by atoms with Crippen LogP contribution in [0.5, 0.6) is 0 Å². The van der Waals surface area contributed by atoms with Crippen LogP contribution in [-0.4, -0.2) is 20.7 Å². The molecular weight excluding hydrogens is 465 g/mol. The number of carbonyl (C=O) groups excluding carboxylic acids is 1. The molecule has 33 heavy (non-hydrogen) atoms. The smallest absolute Gasteiger partial charge is 0.345 e. The van der Waals surface area contributed by atoms with Crippen molar-refractivity contribution in [1.82, 2.24) is 15.0 Å². The summed E-state index contributed by atoms with van der Waals surface area (Å²) in [6.45, 7) is 0. The van der Waals surface area contributed by atoms with Crippen LogP contribution in [-0.2, 0) is 6.18 Å². The van der Waals surface area contributed by atoms with Crippen molar-refractivity contribution in [3.8, 4) is 6.07 Å². The van der Waals surface area contributed by atoms with Gasteiger partial charge in [-0.05, 0) is 48.3 Å². The first-order valence-electron chi connectivity index (χ1n) is 9.05. The Hall–Kier alpha value is -3.98. The number of carbonyl (C=O) groups is 1. The Bertz CT molecular complexity index is 1410. The normalized spacial score (nSPS) is 11.4. The Morgan fingerprint density at radius 3 is 2.48 bits per heavy atom. The van der Waals surface area contributed by atoms with Crippen molar-refractivity contribution < 1.29 is 26.7 Å². The van der Waals surface area contributed by atoms with E-state index in [1.807, 2.05) is 0 Å². The molecule has 0 aliphatic carbocycles. The van der Waals surface area contributed by atoms with Gasteiger partial charge in [0.15, 0.2) is 11.5 Å². The summed E-state index contributed by atoms with van der Waals surface area (Å²) < 4.78 is 70.2. The number of nitriles is 1. The molecule has 166 valence electrons. The van der Waals surface area contributed by atoms with Gasteiger partial charge in [-0.15, -0.1) is 0 Å². The highest BCUT2D eigenvalue weighted by Gasteiger charge is 2.30. The van der Waals surface area contributed by atoms with Crippen molar-refractivity contribution in [3.63, 3.8) is 0 Å². The van der Waals surface area contributed by atoms with Gasteiger partial charge >= 0.3 is 6.18 Å². The van der Waals surface area contributed by atoms with Gasteiger partial charge in [-0.3, -0.25) is 4.79 Å². The van der Waals surface area contributed by atoms with E-state index in [-0.39, 0.29) is 28.0 Å². The predicted molar refractivity (Wildman–Crippen MR) is 109 cm³/mol. The largest absolute Gasteiger partial charge is 0.416 e. The first-order chi connectivity index (χ1) is 15.7. The Labute approximate surface area is 186 Å². The molecule has 0 saturated heterocycles. The molecule has 4 aromatic rings. The molecule has 6 nitrogen and oxygen atoms in total. The number of halogens is 5. The summed E-state index contributed by atoms with van der Waals surface area (Å²) in [6.07, 6.45) is -2.21. The van der Waals surface area contributed by atoms with E-state index >= 15 is 4.39 Å². The van der Waals surface area contributed by atoms with Gasteiger partial charge in [-0.2, -0.15) is 18.4 Å². The zero-order chi connectivity index (χ0) is 23.8. The summed E-state index contributed by atoms with van der Waals surface area (Å²) in [7, 11) is 0. The minimum Gasteiger partial charge on any atom is -0.345 e. The first-order valence-corrected chi connectivity index (χ1v) is 9.87. The van der Waals surface area contributed by atoms with E-state index in [0.29, 0.717) is 4.90 Å². The molecule has 0 aliphatic rings. The highest BCUT2D eigenvalue weighted by Crippen LogP contribution is 2.32. The minimum atomic E-state index is -4.49. The van der Waals surface area contributed by atoms with Crippen LogP contribution in [0, 0.1) is 23.0 Å². The molecule has 2 N–H and O–H groups in total. The quantitative estimate of drug-likeness (QED) is 0.226. The molecule has 0 unspecified atom stereocenters. The summed E-state index contributed by atoms with van der Waals surface area (Å²) in [6, 6.07) is 7.83. The Morgan fingerprint density at radius 2 is 1.82 bits per heavy atom. The second-order valence-corrected chi connectivity index (χ2v) is 7.48. The zero-order valence-corrected chi connectivity index (χ0v) is 17.0. The number of fused-ring (bicyclic) bond motifs is 1. The molecule has 2 aromatic heterocycles. The number of hydrogen-bond acceptors (Lipinski definition) is 6. The van der Waals surface area contributed by atoms with E-state index in [4.69, 9.17) is 0 Å². The summed E-state index contributed by atoms with van der Waals surface area (Å²) in [5.41, 5.74) is -2.15. The summed E-state index contributed by atoms with van der Waals surface area (Å²) in [4.78, 5) is 23.6. The number of aromatic amines is 1. The molecular formula is C21H10F5N5OS. The summed E-state index contributed by atoms with van der Waals surface area (Å²) in [5, 5.41) is 9.26. The number of rotatable bonds is 5. The van der Waals surface area contributed by atoms with E-state index in [0.717, 1.165) is 42.5 Å². The molecule has 0 spiro atoms. The van der Waals surface area contributed by atoms with Crippen LogP contribution in [0.15, 0.2) is 53.8 Å². The molecule has 0 aliphatic heterocycles. The standard InChI is InChI=1S/C21H10F5N5OS/c22-13-5-6-14(31-33-11-3-1-10(2-4-11)21(24,25)26)18(23)17(13)19(32)12-8-28-20-16(12)15(7-27)29-9-30-20/h1-6,8-9,31H,(H,28,29,30). The molecule has 0 amide bonds. The fourth-order valence-corrected chi connectivity index (χ4v) is 3.68. The van der Waals surface area contributed by atoms with E-state index in [9.17, 15) is 27.6 Å². The van der Waals surface area contributed by atoms with Crippen LogP contribution in [0.1, 0.15) is 27.2 Å². The van der Waals surface area contributed by atoms with Gasteiger partial charge in [-0.1, -0.05) is 0 Å². The maximum absolute atomic E-state index is 15.1. The van der Waals surface area contributed by atoms with E-state index in [1.165, 1.54) is 18.3 Å². The first kappa shape index (κ1) is 22.2. The lowest BCUT2D eigenvalue weighted by Crippen LogP contribution is -2.09. The van der Waals surface area contributed by atoms with Crippen molar-refractivity contribution in [2.45, 2.75) is 11.1 Å². The lowest BCUT2D eigenvalue weighted by molar-refractivity contribution is -0.137. The average Bonchev–Trinajstić information content (AvgIpc) is 3.22. The van der Waals surface area contributed by atoms with Crippen LogP contribution < -0.4 is 4.72 Å². The number of nitrogens with zero attached hydrogens (tertiary/aromatic N) is 3. The van der Waals surface area contributed by atoms with Gasteiger partial charge in [0.1, 0.15) is 23.9 Å². The van der Waals surface area contributed by atoms with Gasteiger partial charge in [-0.25, -0.2) is 18.7 Å². The Kier molecular flexibility index (Phi) is 5.73. The number of anilines is 1. The lowest BCUT2D eigenvalue weighted by Gasteiger charge is -2.11. The van der Waals surface area contributed by atoms with E-state index < -0.39 is 34.7 Å². The topological polar surface area (TPSA) is 94.5 Å². The number of alkyl halides is 3. The van der Waals surface area contributed by atoms with Crippen molar-refractivity contribution in [1.29, 1.82) is 5.26 Å². The summed E-state index contributed by atoms with van der Waals surface area (Å²) in [5.74, 6) is -3.37. The van der Waals surface area contributed by atoms with Crippen LogP contribution >= 0.6 is 11.9 Å². The van der Waals surface area contributed by atoms with Crippen LogP contribution in [0.25, 0.3) is 11.0 Å². The predicted octanol–water partition coefficient (Wildman–Crippen LogP) is 5.48. The highest BCUT2D eigenvalue weighted by atomic mass is 32.2. The number of nitrogens with one attached hydrogen (secondary N) is 2. The van der Waals surface area contributed by atoms with Crippen LogP contribution in [0.2, 0.25) is 0 Å². The number of hydrogen-bond donors (Lipinski definition) is 2. The lowest BCUT2D eigenvalue weighted by atomic mass is 10.0. The molecule has 4 rings (SSSR count). The third-order valence-electron chi connectivity index (χ3n) is 4.60. The van der Waals surface area contributed by atoms with Gasteiger partial charge in [0.25, 0.3) is 0 Å². The molecule has 0 radical (unpaired) electrons. The second-order valence-electron chi connectivity index (χ2n) is 6.60. The number of H-pyrrole nitrogens is 1. The minimum absolute atomic E-state index is 0.0290. The number of aromatic nitrogens is 3. The van der Waals surface area contributed by atoms with Crippen molar-refractivity contribution in [3.05, 3.63) is 82.9 Å². The van der Waals surface area contributed by atoms with Crippen molar-refractivity contribution >= 4 is 34.5 Å². The average molecular weight is 475 g/mol. The van der Waals surface area contributed by atoms with Gasteiger partial charge in [0.05, 0.1) is 27.8 Å². The second kappa shape index (κ2) is 8.51. The zero-order valence-electron chi connectivity index (χ0n) is 16.2. The molecule has 0 bridgehead atoms. The maximum atomic E-state index is 15.1. The Balaban J connectivity index is 1.64. The van der Waals surface area contributed by atoms with E-state index in [1.54, 1.807) is 6.07 Å². The van der Waals surface area contributed by atoms with Crippen LogP contribution in [0.3, 0.4) is 0 Å². The fraction of sp³-hybridized carbons (Fsp3) is 0.0476.